The Bertz CT molecular complexity index is 860. The van der Waals surface area contributed by atoms with E-state index in [1.165, 1.54) is 0 Å². The summed E-state index contributed by atoms with van der Waals surface area (Å²) in [6, 6.07) is 16.5. The smallest absolute Gasteiger partial charge is 0.129 e. The quantitative estimate of drug-likeness (QED) is 0.540. The van der Waals surface area contributed by atoms with Crippen molar-refractivity contribution in [2.75, 3.05) is 38.6 Å². The number of rotatable bonds is 9. The minimum atomic E-state index is 0.868. The number of methoxy groups -OCH3 is 1. The third-order valence-corrected chi connectivity index (χ3v) is 5.00. The van der Waals surface area contributed by atoms with E-state index >= 15 is 0 Å². The SMILES string of the molecule is CCN(CC)CCCNc1cc(OC)c(-c2ccccc2)c2cccnc12. The molecule has 0 saturated heterocycles. The van der Waals surface area contributed by atoms with Gasteiger partial charge >= 0.3 is 0 Å². The molecule has 1 heterocycles. The standard InChI is InChI=1S/C23H29N3O/c1-4-26(5-2)16-10-15-24-20-17-21(27-3)22(18-11-7-6-8-12-18)19-13-9-14-25-23(19)20/h6-9,11-14,17,24H,4-5,10,15-16H2,1-3H3. The van der Waals surface area contributed by atoms with Crippen LogP contribution < -0.4 is 10.1 Å². The Kier molecular flexibility index (Phi) is 6.66. The van der Waals surface area contributed by atoms with Gasteiger partial charge in [-0.2, -0.15) is 0 Å². The average Bonchev–Trinajstić information content (AvgIpc) is 2.74. The number of benzene rings is 2. The van der Waals surface area contributed by atoms with Crippen molar-refractivity contribution in [3.05, 3.63) is 54.7 Å². The van der Waals surface area contributed by atoms with Crippen LogP contribution in [0.5, 0.6) is 5.75 Å². The van der Waals surface area contributed by atoms with Gasteiger partial charge in [0.15, 0.2) is 0 Å². The molecule has 0 bridgehead atoms. The Morgan fingerprint density at radius 1 is 1.04 bits per heavy atom. The van der Waals surface area contributed by atoms with E-state index in [-0.39, 0.29) is 0 Å². The minimum absolute atomic E-state index is 0.868. The average molecular weight is 364 g/mol. The number of nitrogens with one attached hydrogen (secondary N) is 1. The van der Waals surface area contributed by atoms with Crippen LogP contribution in [0.1, 0.15) is 20.3 Å². The molecule has 0 saturated carbocycles. The van der Waals surface area contributed by atoms with Gasteiger partial charge < -0.3 is 15.0 Å². The van der Waals surface area contributed by atoms with Crippen molar-refractivity contribution >= 4 is 16.6 Å². The number of fused-ring (bicyclic) bond motifs is 1. The van der Waals surface area contributed by atoms with Gasteiger partial charge in [0.2, 0.25) is 0 Å². The van der Waals surface area contributed by atoms with Crippen LogP contribution in [0, 0.1) is 0 Å². The van der Waals surface area contributed by atoms with Gasteiger partial charge in [-0.25, -0.2) is 0 Å². The lowest BCUT2D eigenvalue weighted by atomic mass is 9.98. The molecule has 0 aliphatic carbocycles. The van der Waals surface area contributed by atoms with E-state index in [1.54, 1.807) is 7.11 Å². The summed E-state index contributed by atoms with van der Waals surface area (Å²) in [7, 11) is 1.73. The molecule has 0 fully saturated rings. The van der Waals surface area contributed by atoms with Crippen molar-refractivity contribution in [1.29, 1.82) is 0 Å². The molecule has 0 aliphatic rings. The van der Waals surface area contributed by atoms with Crippen molar-refractivity contribution in [2.45, 2.75) is 20.3 Å². The molecule has 27 heavy (non-hydrogen) atoms. The highest BCUT2D eigenvalue weighted by Gasteiger charge is 2.15. The maximum atomic E-state index is 5.75. The number of ether oxygens (including phenoxy) is 1. The third-order valence-electron chi connectivity index (χ3n) is 5.00. The molecule has 0 atom stereocenters. The Labute approximate surface area is 162 Å². The molecule has 4 nitrogen and oxygen atoms in total. The molecule has 0 spiro atoms. The Hall–Kier alpha value is -2.59. The van der Waals surface area contributed by atoms with E-state index in [0.29, 0.717) is 0 Å². The zero-order chi connectivity index (χ0) is 19.1. The van der Waals surface area contributed by atoms with E-state index in [4.69, 9.17) is 4.74 Å². The highest BCUT2D eigenvalue weighted by Crippen LogP contribution is 2.40. The lowest BCUT2D eigenvalue weighted by Crippen LogP contribution is -2.25. The maximum absolute atomic E-state index is 5.75. The first-order valence-corrected chi connectivity index (χ1v) is 9.75. The summed E-state index contributed by atoms with van der Waals surface area (Å²) in [5.41, 5.74) is 4.25. The second kappa shape index (κ2) is 9.38. The fraction of sp³-hybridized carbons (Fsp3) is 0.348. The Balaban J connectivity index is 1.91. The number of nitrogens with zero attached hydrogens (tertiary/aromatic N) is 2. The molecule has 0 radical (unpaired) electrons. The first kappa shape index (κ1) is 19.2. The molecule has 1 N–H and O–H groups in total. The Morgan fingerprint density at radius 2 is 1.81 bits per heavy atom. The van der Waals surface area contributed by atoms with Crippen LogP contribution in [0.25, 0.3) is 22.0 Å². The predicted octanol–water partition coefficient (Wildman–Crippen LogP) is 5.05. The van der Waals surface area contributed by atoms with Crippen LogP contribution in [0.2, 0.25) is 0 Å². The number of hydrogen-bond donors (Lipinski definition) is 1. The Morgan fingerprint density at radius 3 is 2.52 bits per heavy atom. The first-order chi connectivity index (χ1) is 13.3. The van der Waals surface area contributed by atoms with E-state index in [1.807, 2.05) is 18.3 Å². The molecule has 0 amide bonds. The van der Waals surface area contributed by atoms with Gasteiger partial charge in [-0.3, -0.25) is 4.98 Å². The lowest BCUT2D eigenvalue weighted by molar-refractivity contribution is 0.303. The van der Waals surface area contributed by atoms with Gasteiger partial charge in [-0.1, -0.05) is 50.2 Å². The molecule has 1 aromatic heterocycles. The number of pyridine rings is 1. The topological polar surface area (TPSA) is 37.4 Å². The zero-order valence-corrected chi connectivity index (χ0v) is 16.5. The molecule has 0 unspecified atom stereocenters. The summed E-state index contributed by atoms with van der Waals surface area (Å²) < 4.78 is 5.75. The van der Waals surface area contributed by atoms with E-state index < -0.39 is 0 Å². The van der Waals surface area contributed by atoms with Crippen LogP contribution in [-0.2, 0) is 0 Å². The normalized spacial score (nSPS) is 11.1. The largest absolute Gasteiger partial charge is 0.496 e. The zero-order valence-electron chi connectivity index (χ0n) is 16.5. The van der Waals surface area contributed by atoms with Crippen molar-refractivity contribution in [1.82, 2.24) is 9.88 Å². The third kappa shape index (κ3) is 4.40. The van der Waals surface area contributed by atoms with Crippen LogP contribution in [0.3, 0.4) is 0 Å². The van der Waals surface area contributed by atoms with E-state index in [9.17, 15) is 0 Å². The van der Waals surface area contributed by atoms with Crippen molar-refractivity contribution in [3.63, 3.8) is 0 Å². The van der Waals surface area contributed by atoms with Gasteiger partial charge in [0, 0.05) is 29.8 Å². The highest BCUT2D eigenvalue weighted by molar-refractivity contribution is 6.04. The predicted molar refractivity (Wildman–Crippen MR) is 115 cm³/mol. The van der Waals surface area contributed by atoms with Gasteiger partial charge in [0.25, 0.3) is 0 Å². The summed E-state index contributed by atoms with van der Waals surface area (Å²) in [6.07, 6.45) is 2.95. The lowest BCUT2D eigenvalue weighted by Gasteiger charge is -2.19. The fourth-order valence-electron chi connectivity index (χ4n) is 3.49. The van der Waals surface area contributed by atoms with Gasteiger partial charge in [-0.15, -0.1) is 0 Å². The molecule has 3 rings (SSSR count). The number of aromatic nitrogens is 1. The molecular weight excluding hydrogens is 334 g/mol. The minimum Gasteiger partial charge on any atom is -0.496 e. The first-order valence-electron chi connectivity index (χ1n) is 9.75. The molecular formula is C23H29N3O. The number of hydrogen-bond acceptors (Lipinski definition) is 4. The number of anilines is 1. The second-order valence-corrected chi connectivity index (χ2v) is 6.57. The maximum Gasteiger partial charge on any atom is 0.129 e. The summed E-state index contributed by atoms with van der Waals surface area (Å²) in [4.78, 5) is 7.10. The summed E-state index contributed by atoms with van der Waals surface area (Å²) in [5, 5.41) is 4.68. The molecule has 142 valence electrons. The molecule has 3 aromatic rings. The molecule has 2 aromatic carbocycles. The monoisotopic (exact) mass is 363 g/mol. The van der Waals surface area contributed by atoms with Crippen LogP contribution >= 0.6 is 0 Å². The molecule has 4 heteroatoms. The van der Waals surface area contributed by atoms with Crippen LogP contribution in [-0.4, -0.2) is 43.2 Å². The van der Waals surface area contributed by atoms with Crippen LogP contribution in [0.4, 0.5) is 5.69 Å². The van der Waals surface area contributed by atoms with Gasteiger partial charge in [-0.05, 0) is 37.7 Å². The summed E-state index contributed by atoms with van der Waals surface area (Å²) >= 11 is 0. The second-order valence-electron chi connectivity index (χ2n) is 6.57. The van der Waals surface area contributed by atoms with E-state index in [0.717, 1.165) is 66.1 Å². The van der Waals surface area contributed by atoms with Crippen molar-refractivity contribution < 1.29 is 4.74 Å². The fourth-order valence-corrected chi connectivity index (χ4v) is 3.49. The van der Waals surface area contributed by atoms with Crippen molar-refractivity contribution in [3.8, 4) is 16.9 Å². The van der Waals surface area contributed by atoms with Gasteiger partial charge in [0.1, 0.15) is 5.75 Å². The van der Waals surface area contributed by atoms with Crippen LogP contribution in [0.15, 0.2) is 54.7 Å². The van der Waals surface area contributed by atoms with Gasteiger partial charge in [0.05, 0.1) is 18.3 Å². The summed E-state index contributed by atoms with van der Waals surface area (Å²) in [6.45, 7) is 8.63. The highest BCUT2D eigenvalue weighted by atomic mass is 16.5. The van der Waals surface area contributed by atoms with E-state index in [2.05, 4.69) is 65.4 Å². The summed E-state index contributed by atoms with van der Waals surface area (Å²) in [5.74, 6) is 0.868. The molecule has 0 aliphatic heterocycles. The van der Waals surface area contributed by atoms with Crippen molar-refractivity contribution in [2.24, 2.45) is 0 Å².